The number of quaternary nitrogens is 1. The molecule has 0 radical (unpaired) electrons. The van der Waals surface area contributed by atoms with Gasteiger partial charge in [-0.1, -0.05) is 175 Å². The van der Waals surface area contributed by atoms with Crippen LogP contribution in [0.5, 0.6) is 0 Å². The van der Waals surface area contributed by atoms with Gasteiger partial charge >= 0.3 is 8.80 Å². The van der Waals surface area contributed by atoms with Crippen LogP contribution in [0.25, 0.3) is 0 Å². The van der Waals surface area contributed by atoms with Gasteiger partial charge in [0.2, 0.25) is 0 Å². The molecule has 0 aromatic heterocycles. The van der Waals surface area contributed by atoms with Crippen LogP contribution in [0.2, 0.25) is 6.04 Å². The topological polar surface area (TPSA) is 434 Å². The molecule has 9 N–H and O–H groups in total. The van der Waals surface area contributed by atoms with E-state index in [1.54, 1.807) is 29.4 Å². The summed E-state index contributed by atoms with van der Waals surface area (Å²) in [6, 6.07) is -0.217. The number of rotatable bonds is 67. The Labute approximate surface area is 646 Å². The van der Waals surface area contributed by atoms with E-state index in [0.29, 0.717) is 11.0 Å². The number of aliphatic hydroxyl groups is 3. The average molecular weight is 1680 g/mol. The molecular weight excluding hydrogens is 1530 g/mol. The lowest BCUT2D eigenvalue weighted by Crippen LogP contribution is -2.61. The highest BCUT2D eigenvalue weighted by Gasteiger charge is 2.51. The van der Waals surface area contributed by atoms with Gasteiger partial charge in [0.25, 0.3) is 60.7 Å². The van der Waals surface area contributed by atoms with Gasteiger partial charge in [0, 0.05) is 130 Å². The van der Waals surface area contributed by atoms with Crippen molar-refractivity contribution in [2.24, 2.45) is 0 Å². The molecule has 6 unspecified atom stereocenters. The Bertz CT molecular complexity index is 2740. The summed E-state index contributed by atoms with van der Waals surface area (Å²) in [5.41, 5.74) is 0. The summed E-state index contributed by atoms with van der Waals surface area (Å²) in [6.07, 6.45) is 24.9. The Balaban J connectivity index is 2.34. The molecule has 0 aromatic rings. The number of unbranched alkanes of at least 4 members (excludes halogenated alkanes) is 27. The van der Waals surface area contributed by atoms with Crippen LogP contribution in [0, 0.1) is 0 Å². The number of β-amino-alcohol motifs (C(OH)–C–C–N with tert-alkyl or cyclic N) is 3. The Hall–Kier alpha value is -0.843. The third-order valence-corrected chi connectivity index (χ3v) is 28.5. The molecule has 31 nitrogen and oxygen atoms in total. The summed E-state index contributed by atoms with van der Waals surface area (Å²) in [4.78, 5) is 10.6. The molecule has 38 heteroatoms. The molecule has 107 heavy (non-hydrogen) atoms. The first-order chi connectivity index (χ1) is 50.3. The summed E-state index contributed by atoms with van der Waals surface area (Å²) in [5.74, 6) is -6.04. The zero-order valence-electron chi connectivity index (χ0n) is 65.1. The highest BCUT2D eigenvalue weighted by Crippen LogP contribution is 2.31. The number of hydrogen-bond acceptors (Lipinski definition) is 24. The van der Waals surface area contributed by atoms with E-state index in [1.165, 1.54) is 96.3 Å². The van der Waals surface area contributed by atoms with Gasteiger partial charge in [-0.05, 0) is 38.5 Å². The summed E-state index contributed by atoms with van der Waals surface area (Å²) in [7, 11) is -33.7. The zero-order valence-corrected chi connectivity index (χ0v) is 71.0. The van der Waals surface area contributed by atoms with Gasteiger partial charge in [-0.15, -0.1) is 0 Å². The number of nitrogens with zero attached hydrogens (tertiary/aromatic N) is 7. The molecule has 0 aromatic carbocycles. The summed E-state index contributed by atoms with van der Waals surface area (Å²) in [6.45, 7) is 10.4. The van der Waals surface area contributed by atoms with Crippen LogP contribution in [0.4, 0.5) is 0 Å². The van der Waals surface area contributed by atoms with Crippen LogP contribution in [0.15, 0.2) is 0 Å². The molecule has 0 aliphatic carbocycles. The van der Waals surface area contributed by atoms with Crippen molar-refractivity contribution in [3.63, 3.8) is 0 Å². The van der Waals surface area contributed by atoms with Crippen LogP contribution < -0.4 is 0 Å². The van der Waals surface area contributed by atoms with Gasteiger partial charge in [0.15, 0.2) is 0 Å². The first kappa shape index (κ1) is 100. The highest BCUT2D eigenvalue weighted by atomic mass is 32.2. The standard InChI is InChI=1S/C69H143N7O24S6Si/c1-4-7-10-13-16-19-22-25-28-31-47-76(48-32-29-26-23-20-17-14-11-8-5-2,49-33-30-27-24-21-18-15-12-9-6-3)50-34-51-107(98-67(61-104(89,90)91)55-73-41-35-70(36-42-73)52-64(77)58-101(80,81)82,99-68(62-105(92,93)94)56-74-43-37-71(38-44-74)53-65(78)59-102(83,84)85)100-69(63-106(95,96)97)57-75-45-39-72(40-46-75)54-66(79)60-103(86,87)88/h64-69,77-79H,4-63H2,1-3H3,(H5-,80,81,82,83,84,85,86,87,88,89,90,91,92,93,94,95,96,97)/p+1. The van der Waals surface area contributed by atoms with Gasteiger partial charge in [-0.3, -0.25) is 56.7 Å². The molecule has 0 saturated carbocycles. The maximum absolute atomic E-state index is 13.5. The number of aliphatic hydroxyl groups excluding tert-OH is 3. The van der Waals surface area contributed by atoms with Crippen molar-refractivity contribution in [2.45, 2.75) is 262 Å². The highest BCUT2D eigenvalue weighted by molar-refractivity contribution is 7.87. The third kappa shape index (κ3) is 53.1. The molecule has 0 bridgehead atoms. The minimum atomic E-state index is -5.10. The zero-order chi connectivity index (χ0) is 79.5. The van der Waals surface area contributed by atoms with E-state index in [9.17, 15) is 93.1 Å². The molecule has 3 heterocycles. The van der Waals surface area contributed by atoms with Crippen LogP contribution in [-0.2, 0) is 74.0 Å². The number of piperazine rings is 3. The van der Waals surface area contributed by atoms with Crippen LogP contribution in [0.3, 0.4) is 0 Å². The largest absolute Gasteiger partial charge is 0.502 e. The van der Waals surface area contributed by atoms with Crippen molar-refractivity contribution in [2.75, 3.05) is 179 Å². The van der Waals surface area contributed by atoms with Crippen molar-refractivity contribution < 1.29 is 111 Å². The molecule has 0 amide bonds. The van der Waals surface area contributed by atoms with E-state index < -0.39 is 141 Å². The maximum atomic E-state index is 13.5. The Kier molecular flexibility index (Phi) is 50.1. The van der Waals surface area contributed by atoms with Crippen LogP contribution >= 0.6 is 0 Å². The van der Waals surface area contributed by atoms with Crippen LogP contribution in [-0.4, -0.2) is 351 Å². The summed E-state index contributed by atoms with van der Waals surface area (Å²) < 4.78 is 234. The smallest absolute Gasteiger partial charge is 0.391 e. The van der Waals surface area contributed by atoms with Gasteiger partial charge in [-0.25, -0.2) is 0 Å². The lowest BCUT2D eigenvalue weighted by atomic mass is 10.0. The molecule has 638 valence electrons. The van der Waals surface area contributed by atoms with Crippen molar-refractivity contribution in [1.29, 1.82) is 0 Å². The molecule has 3 fully saturated rings. The predicted octanol–water partition coefficient (Wildman–Crippen LogP) is 6.31. The van der Waals surface area contributed by atoms with E-state index in [2.05, 4.69) is 20.8 Å². The quantitative estimate of drug-likeness (QED) is 0.0139. The molecule has 3 saturated heterocycles. The van der Waals surface area contributed by atoms with Crippen molar-refractivity contribution in [1.82, 2.24) is 29.4 Å². The lowest BCUT2D eigenvalue weighted by molar-refractivity contribution is -0.929. The Morgan fingerprint density at radius 3 is 0.645 bits per heavy atom. The summed E-state index contributed by atoms with van der Waals surface area (Å²) in [5, 5.41) is 31.7. The minimum absolute atomic E-state index is 0.145. The normalized spacial score (nSPS) is 19.1. The van der Waals surface area contributed by atoms with Crippen LogP contribution in [0.1, 0.15) is 220 Å². The Morgan fingerprint density at radius 2 is 0.449 bits per heavy atom. The van der Waals surface area contributed by atoms with Gasteiger partial charge in [-0.2, -0.15) is 50.5 Å². The average Bonchev–Trinajstić information content (AvgIpc) is 0.821. The minimum Gasteiger partial charge on any atom is -0.391 e. The predicted molar refractivity (Wildman–Crippen MR) is 420 cm³/mol. The molecule has 6 atom stereocenters. The SMILES string of the molecule is CCCCCCCCCCCC[N+](CCCCCCCCCCCC)(CCCCCCCCCCCC)CCC[Si](OC(CN1CCN(CC(O)CS(=O)(=O)O)CC1)CS(=O)(=O)O)(OC(CN1CCN(CC(O)CS(=O)(=O)O)CC1)CS(=O)(=O)O)OC(CN1CCN(CC(O)CS(=O)(=O)O)CC1)CS(=O)(=O)O. The van der Waals surface area contributed by atoms with E-state index in [1.807, 2.05) is 0 Å². The second kappa shape index (κ2) is 53.4. The molecule has 0 spiro atoms. The van der Waals surface area contributed by atoms with Crippen molar-refractivity contribution in [3.05, 3.63) is 0 Å². The summed E-state index contributed by atoms with van der Waals surface area (Å²) >= 11 is 0. The fourth-order valence-electron chi connectivity index (χ4n) is 15.3. The van der Waals surface area contributed by atoms with E-state index in [0.717, 1.165) is 116 Å². The maximum Gasteiger partial charge on any atom is 0.502 e. The van der Waals surface area contributed by atoms with E-state index >= 15 is 0 Å². The number of hydrogen-bond donors (Lipinski definition) is 9. The third-order valence-electron chi connectivity index (χ3n) is 20.7. The fraction of sp³-hybridized carbons (Fsp3) is 1.00. The van der Waals surface area contributed by atoms with E-state index in [-0.39, 0.29) is 130 Å². The lowest BCUT2D eigenvalue weighted by Gasteiger charge is -2.44. The van der Waals surface area contributed by atoms with Gasteiger partial charge in [0.05, 0.1) is 62.8 Å². The monoisotopic (exact) mass is 1670 g/mol. The second-order valence-corrected chi connectivity index (χ2v) is 42.6. The van der Waals surface area contributed by atoms with Crippen molar-refractivity contribution in [3.8, 4) is 0 Å². The molecule has 3 aliphatic heterocycles. The molecule has 3 aliphatic rings. The van der Waals surface area contributed by atoms with E-state index in [4.69, 9.17) is 13.3 Å². The van der Waals surface area contributed by atoms with Gasteiger partial charge < -0.3 is 33.1 Å². The molecular formula is C69H144N7O24S6Si+. The van der Waals surface area contributed by atoms with Gasteiger partial charge in [0.1, 0.15) is 34.5 Å². The van der Waals surface area contributed by atoms with Crippen molar-refractivity contribution >= 4 is 69.5 Å². The molecule has 3 rings (SSSR count). The Morgan fingerprint density at radius 1 is 0.271 bits per heavy atom. The first-order valence-corrected chi connectivity index (χ1v) is 51.8. The second-order valence-electron chi connectivity index (χ2n) is 31.0. The first-order valence-electron chi connectivity index (χ1n) is 40.3. The fourth-order valence-corrected chi connectivity index (χ4v) is 22.5.